The van der Waals surface area contributed by atoms with Gasteiger partial charge in [-0.25, -0.2) is 0 Å². The van der Waals surface area contributed by atoms with Crippen LogP contribution in [0.5, 0.6) is 0 Å². The van der Waals surface area contributed by atoms with E-state index in [1.54, 1.807) is 0 Å². The fraction of sp³-hybridized carbons (Fsp3) is 0.875. The molecule has 0 aromatic rings. The summed E-state index contributed by atoms with van der Waals surface area (Å²) in [5.41, 5.74) is 0. The van der Waals surface area contributed by atoms with Gasteiger partial charge in [0.25, 0.3) is 0 Å². The molecule has 1 heterocycles. The quantitative estimate of drug-likeness (QED) is 0.531. The Morgan fingerprint density at radius 2 is 2.20 bits per heavy atom. The maximum Gasteiger partial charge on any atom is 0.223 e. The number of piperidine rings is 1. The van der Waals surface area contributed by atoms with Crippen molar-refractivity contribution in [3.63, 3.8) is 0 Å². The number of carbonyl (C=O) groups is 1. The van der Waals surface area contributed by atoms with Gasteiger partial charge in [-0.2, -0.15) is 0 Å². The van der Waals surface area contributed by atoms with E-state index >= 15 is 0 Å². The Hall–Kier alpha value is -0.530. The zero-order valence-corrected chi connectivity index (χ0v) is 6.10. The third-order valence-electron chi connectivity index (χ3n) is 2.81. The number of hydrogen-bond acceptors (Lipinski definition) is 1. The summed E-state index contributed by atoms with van der Waals surface area (Å²) in [4.78, 5) is 11.2. The smallest absolute Gasteiger partial charge is 0.223 e. The summed E-state index contributed by atoms with van der Waals surface area (Å²) in [5.74, 6) is 1.43. The van der Waals surface area contributed by atoms with Gasteiger partial charge < -0.3 is 5.32 Å². The van der Waals surface area contributed by atoms with Crippen LogP contribution < -0.4 is 5.32 Å². The number of nitrogens with one attached hydrogen (secondary N) is 1. The molecule has 2 heteroatoms. The highest BCUT2D eigenvalue weighted by Crippen LogP contribution is 2.35. The van der Waals surface area contributed by atoms with Crippen LogP contribution >= 0.6 is 0 Å². The number of amides is 1. The van der Waals surface area contributed by atoms with Gasteiger partial charge in [0.1, 0.15) is 0 Å². The average Bonchev–Trinajstić information content (AvgIpc) is 2.36. The van der Waals surface area contributed by atoms with Crippen LogP contribution in [0.4, 0.5) is 0 Å². The first-order valence-electron chi connectivity index (χ1n) is 4.15. The molecule has 0 bridgehead atoms. The molecule has 0 radical (unpaired) electrons. The SMILES string of the molecule is O=C1NCCC2CCCC12. The molecule has 0 spiro atoms. The second kappa shape index (κ2) is 2.26. The highest BCUT2D eigenvalue weighted by atomic mass is 16.1. The van der Waals surface area contributed by atoms with Crippen molar-refractivity contribution in [3.05, 3.63) is 0 Å². The summed E-state index contributed by atoms with van der Waals surface area (Å²) in [6.45, 7) is 0.917. The van der Waals surface area contributed by atoms with Crippen molar-refractivity contribution in [2.75, 3.05) is 6.54 Å². The predicted octanol–water partition coefficient (Wildman–Crippen LogP) is 0.923. The Morgan fingerprint density at radius 3 is 3.00 bits per heavy atom. The van der Waals surface area contributed by atoms with Crippen molar-refractivity contribution in [3.8, 4) is 0 Å². The molecule has 1 saturated carbocycles. The van der Waals surface area contributed by atoms with Crippen LogP contribution in [-0.2, 0) is 4.79 Å². The van der Waals surface area contributed by atoms with Crippen molar-refractivity contribution in [2.24, 2.45) is 11.8 Å². The Labute approximate surface area is 61.0 Å². The molecule has 2 fully saturated rings. The van der Waals surface area contributed by atoms with Crippen LogP contribution in [0.15, 0.2) is 0 Å². The minimum atomic E-state index is 0.314. The lowest BCUT2D eigenvalue weighted by molar-refractivity contribution is -0.127. The zero-order valence-electron chi connectivity index (χ0n) is 6.10. The van der Waals surface area contributed by atoms with E-state index in [0.29, 0.717) is 11.8 Å². The van der Waals surface area contributed by atoms with Gasteiger partial charge in [-0.15, -0.1) is 0 Å². The van der Waals surface area contributed by atoms with Crippen LogP contribution in [0.2, 0.25) is 0 Å². The van der Waals surface area contributed by atoms with Crippen molar-refractivity contribution in [1.82, 2.24) is 5.32 Å². The summed E-state index contributed by atoms with van der Waals surface area (Å²) in [5, 5.41) is 2.91. The third-order valence-corrected chi connectivity index (χ3v) is 2.81. The van der Waals surface area contributed by atoms with E-state index in [4.69, 9.17) is 0 Å². The normalized spacial score (nSPS) is 39.0. The fourth-order valence-corrected chi connectivity index (χ4v) is 2.24. The molecule has 10 heavy (non-hydrogen) atoms. The van der Waals surface area contributed by atoms with E-state index in [9.17, 15) is 4.79 Å². The molecule has 2 aliphatic rings. The van der Waals surface area contributed by atoms with Gasteiger partial charge in [0.05, 0.1) is 0 Å². The number of carbonyl (C=O) groups excluding carboxylic acids is 1. The van der Waals surface area contributed by atoms with Gasteiger partial charge in [0, 0.05) is 12.5 Å². The fourth-order valence-electron chi connectivity index (χ4n) is 2.24. The molecule has 1 aliphatic heterocycles. The minimum absolute atomic E-state index is 0.314. The summed E-state index contributed by atoms with van der Waals surface area (Å²) in [7, 11) is 0. The first kappa shape index (κ1) is 6.20. The van der Waals surface area contributed by atoms with E-state index in [1.165, 1.54) is 19.3 Å². The van der Waals surface area contributed by atoms with Crippen LogP contribution in [0.25, 0.3) is 0 Å². The second-order valence-corrected chi connectivity index (χ2v) is 3.38. The highest BCUT2D eigenvalue weighted by molar-refractivity contribution is 5.79. The molecule has 0 aromatic carbocycles. The lowest BCUT2D eigenvalue weighted by Gasteiger charge is -2.24. The van der Waals surface area contributed by atoms with Gasteiger partial charge in [-0.3, -0.25) is 4.79 Å². The Balaban J connectivity index is 2.10. The van der Waals surface area contributed by atoms with Gasteiger partial charge in [-0.1, -0.05) is 6.42 Å². The molecule has 1 amide bonds. The van der Waals surface area contributed by atoms with Crippen LogP contribution in [-0.4, -0.2) is 12.5 Å². The number of hydrogen-bond donors (Lipinski definition) is 1. The Kier molecular flexibility index (Phi) is 1.40. The molecule has 56 valence electrons. The first-order chi connectivity index (χ1) is 4.88. The Bertz CT molecular complexity index is 155. The van der Waals surface area contributed by atoms with E-state index in [1.807, 2.05) is 0 Å². The van der Waals surface area contributed by atoms with Crippen molar-refractivity contribution in [2.45, 2.75) is 25.7 Å². The summed E-state index contributed by atoms with van der Waals surface area (Å²) in [6, 6.07) is 0. The van der Waals surface area contributed by atoms with Crippen molar-refractivity contribution < 1.29 is 4.79 Å². The third kappa shape index (κ3) is 0.825. The van der Waals surface area contributed by atoms with E-state index in [0.717, 1.165) is 18.9 Å². The van der Waals surface area contributed by atoms with E-state index in [2.05, 4.69) is 5.32 Å². The number of rotatable bonds is 0. The van der Waals surface area contributed by atoms with Crippen LogP contribution in [0, 0.1) is 11.8 Å². The van der Waals surface area contributed by atoms with E-state index < -0.39 is 0 Å². The largest absolute Gasteiger partial charge is 0.356 e. The van der Waals surface area contributed by atoms with Gasteiger partial charge >= 0.3 is 0 Å². The monoisotopic (exact) mass is 139 g/mol. The second-order valence-electron chi connectivity index (χ2n) is 3.38. The minimum Gasteiger partial charge on any atom is -0.356 e. The summed E-state index contributed by atoms with van der Waals surface area (Å²) in [6.07, 6.45) is 4.91. The molecule has 1 N–H and O–H groups in total. The summed E-state index contributed by atoms with van der Waals surface area (Å²) >= 11 is 0. The molecule has 2 nitrogen and oxygen atoms in total. The molecule has 1 saturated heterocycles. The maximum atomic E-state index is 11.2. The van der Waals surface area contributed by atoms with Gasteiger partial charge in [0.2, 0.25) is 5.91 Å². The molecular formula is C8H13NO. The van der Waals surface area contributed by atoms with Crippen molar-refractivity contribution >= 4 is 5.91 Å². The highest BCUT2D eigenvalue weighted by Gasteiger charge is 2.35. The zero-order chi connectivity index (χ0) is 6.97. The lowest BCUT2D eigenvalue weighted by Crippen LogP contribution is -2.39. The van der Waals surface area contributed by atoms with Crippen molar-refractivity contribution in [1.29, 1.82) is 0 Å². The lowest BCUT2D eigenvalue weighted by atomic mass is 9.89. The number of fused-ring (bicyclic) bond motifs is 1. The van der Waals surface area contributed by atoms with E-state index in [-0.39, 0.29) is 0 Å². The first-order valence-corrected chi connectivity index (χ1v) is 4.15. The standard InChI is InChI=1S/C8H13NO/c10-8-7-3-1-2-6(7)4-5-9-8/h6-7H,1-5H2,(H,9,10). The van der Waals surface area contributed by atoms with Crippen LogP contribution in [0.3, 0.4) is 0 Å². The van der Waals surface area contributed by atoms with Gasteiger partial charge in [0.15, 0.2) is 0 Å². The van der Waals surface area contributed by atoms with Crippen LogP contribution in [0.1, 0.15) is 25.7 Å². The predicted molar refractivity (Wildman–Crippen MR) is 38.5 cm³/mol. The Morgan fingerprint density at radius 1 is 1.30 bits per heavy atom. The molecule has 1 aliphatic carbocycles. The molecule has 2 atom stereocenters. The molecule has 2 rings (SSSR count). The van der Waals surface area contributed by atoms with Gasteiger partial charge in [-0.05, 0) is 25.2 Å². The summed E-state index contributed by atoms with van der Waals surface area (Å²) < 4.78 is 0. The average molecular weight is 139 g/mol. The molecule has 0 aromatic heterocycles. The maximum absolute atomic E-state index is 11.2. The molecular weight excluding hydrogens is 126 g/mol. The molecule has 2 unspecified atom stereocenters. The topological polar surface area (TPSA) is 29.1 Å².